The predicted molar refractivity (Wildman–Crippen MR) is 76.3 cm³/mol. The Morgan fingerprint density at radius 1 is 1.12 bits per heavy atom. The van der Waals surface area contributed by atoms with Gasteiger partial charge in [-0.15, -0.1) is 0 Å². The number of ether oxygens (including phenoxy) is 1. The van der Waals surface area contributed by atoms with Crippen molar-refractivity contribution in [1.82, 2.24) is 0 Å². The zero-order chi connectivity index (χ0) is 12.2. The normalized spacial score (nSPS) is 11.6. The van der Waals surface area contributed by atoms with Crippen LogP contribution in [0.1, 0.15) is 46.5 Å². The summed E-state index contributed by atoms with van der Waals surface area (Å²) in [5, 5.41) is 1.08. The summed E-state index contributed by atoms with van der Waals surface area (Å²) in [7, 11) is 0. The maximum absolute atomic E-state index is 5.52. The lowest BCUT2D eigenvalue weighted by atomic mass is 10.1. The first kappa shape index (κ1) is 15.9. The Morgan fingerprint density at radius 3 is 2.50 bits per heavy atom. The highest BCUT2D eigenvalue weighted by Crippen LogP contribution is 2.06. The van der Waals surface area contributed by atoms with Crippen LogP contribution < -0.4 is 0 Å². The summed E-state index contributed by atoms with van der Waals surface area (Å²) in [4.78, 5) is 0. The zero-order valence-electron chi connectivity index (χ0n) is 10.9. The van der Waals surface area contributed by atoms with Gasteiger partial charge in [-0.1, -0.05) is 39.2 Å². The molecule has 0 aliphatic carbocycles. The van der Waals surface area contributed by atoms with Crippen molar-refractivity contribution in [2.24, 2.45) is 0 Å². The zero-order valence-corrected chi connectivity index (χ0v) is 12.5. The summed E-state index contributed by atoms with van der Waals surface area (Å²) in [5.41, 5.74) is 2.83. The number of hydrogen-bond donors (Lipinski definition) is 0. The molecule has 0 heterocycles. The number of unbranched alkanes of at least 4 members (excludes halogenated alkanes) is 1. The van der Waals surface area contributed by atoms with E-state index in [0.717, 1.165) is 37.8 Å². The lowest BCUT2D eigenvalue weighted by Gasteiger charge is -2.02. The minimum absolute atomic E-state index is 0.767. The Kier molecular flexibility index (Phi) is 11.3. The molecule has 0 saturated heterocycles. The molecule has 0 aliphatic heterocycles. The molecule has 0 amide bonds. The third-order valence-corrected chi connectivity index (χ3v) is 2.87. The molecule has 0 spiro atoms. The molecule has 0 N–H and O–H groups in total. The molecular formula is C14H25BrO. The fraction of sp³-hybridized carbons (Fsp3) is 0.714. The van der Waals surface area contributed by atoms with Crippen LogP contribution in [-0.2, 0) is 4.74 Å². The van der Waals surface area contributed by atoms with Crippen LogP contribution in [0, 0.1) is 0 Å². The van der Waals surface area contributed by atoms with E-state index in [-0.39, 0.29) is 0 Å². The van der Waals surface area contributed by atoms with Crippen molar-refractivity contribution >= 4 is 15.9 Å². The first-order valence-corrected chi connectivity index (χ1v) is 7.21. The van der Waals surface area contributed by atoms with Gasteiger partial charge in [-0.05, 0) is 46.5 Å². The molecule has 0 bridgehead atoms. The molecular weight excluding hydrogens is 264 g/mol. The molecule has 2 heteroatoms. The smallest absolute Gasteiger partial charge is 0.0649 e. The van der Waals surface area contributed by atoms with Gasteiger partial charge >= 0.3 is 0 Å². The van der Waals surface area contributed by atoms with Gasteiger partial charge in [-0.25, -0.2) is 0 Å². The van der Waals surface area contributed by atoms with Crippen LogP contribution in [0.2, 0.25) is 0 Å². The highest BCUT2D eigenvalue weighted by atomic mass is 79.9. The lowest BCUT2D eigenvalue weighted by Crippen LogP contribution is -1.95. The number of halogens is 1. The van der Waals surface area contributed by atoms with Crippen molar-refractivity contribution < 1.29 is 4.74 Å². The van der Waals surface area contributed by atoms with E-state index in [1.807, 2.05) is 0 Å². The van der Waals surface area contributed by atoms with Gasteiger partial charge in [0.1, 0.15) is 0 Å². The van der Waals surface area contributed by atoms with E-state index in [2.05, 4.69) is 48.9 Å². The second kappa shape index (κ2) is 11.4. The molecule has 0 unspecified atom stereocenters. The Bertz CT molecular complexity index is 215. The largest absolute Gasteiger partial charge is 0.377 e. The third-order valence-electron chi connectivity index (χ3n) is 2.31. The monoisotopic (exact) mass is 288 g/mol. The van der Waals surface area contributed by atoms with Crippen molar-refractivity contribution in [1.29, 1.82) is 0 Å². The number of rotatable bonds is 9. The first-order valence-electron chi connectivity index (χ1n) is 6.09. The molecule has 0 rings (SSSR count). The highest BCUT2D eigenvalue weighted by Gasteiger charge is 1.90. The van der Waals surface area contributed by atoms with Crippen molar-refractivity contribution in [3.05, 3.63) is 23.3 Å². The van der Waals surface area contributed by atoms with Crippen molar-refractivity contribution in [3.8, 4) is 0 Å². The van der Waals surface area contributed by atoms with Crippen LogP contribution in [0.4, 0.5) is 0 Å². The Morgan fingerprint density at radius 2 is 1.88 bits per heavy atom. The van der Waals surface area contributed by atoms with Gasteiger partial charge in [0.2, 0.25) is 0 Å². The van der Waals surface area contributed by atoms with Crippen LogP contribution in [0.5, 0.6) is 0 Å². The molecule has 0 fully saturated rings. The fourth-order valence-electron chi connectivity index (χ4n) is 1.27. The molecule has 0 aromatic rings. The van der Waals surface area contributed by atoms with Gasteiger partial charge in [0.25, 0.3) is 0 Å². The van der Waals surface area contributed by atoms with E-state index in [1.54, 1.807) is 0 Å². The van der Waals surface area contributed by atoms with E-state index in [9.17, 15) is 0 Å². The van der Waals surface area contributed by atoms with Crippen LogP contribution in [0.25, 0.3) is 0 Å². The van der Waals surface area contributed by atoms with E-state index >= 15 is 0 Å². The first-order chi connectivity index (χ1) is 7.66. The quantitative estimate of drug-likeness (QED) is 0.334. The van der Waals surface area contributed by atoms with Gasteiger partial charge in [0.05, 0.1) is 6.61 Å². The second-order valence-corrected chi connectivity index (χ2v) is 5.13. The SMILES string of the molecule is CC(C)=CCCC(C)=CCOCCCCBr. The topological polar surface area (TPSA) is 9.23 Å². The summed E-state index contributed by atoms with van der Waals surface area (Å²) in [6.07, 6.45) is 9.13. The molecule has 16 heavy (non-hydrogen) atoms. The molecule has 94 valence electrons. The Hall–Kier alpha value is -0.0800. The molecule has 0 atom stereocenters. The predicted octanol–water partition coefficient (Wildman–Crippen LogP) is 4.87. The van der Waals surface area contributed by atoms with Crippen LogP contribution >= 0.6 is 15.9 Å². The van der Waals surface area contributed by atoms with E-state index < -0.39 is 0 Å². The third kappa shape index (κ3) is 12.0. The lowest BCUT2D eigenvalue weighted by molar-refractivity contribution is 0.158. The standard InChI is InChI=1S/C14H25BrO/c1-13(2)7-6-8-14(3)9-12-16-11-5-4-10-15/h7,9H,4-6,8,10-12H2,1-3H3. The summed E-state index contributed by atoms with van der Waals surface area (Å²) < 4.78 is 5.52. The Labute approximate surface area is 109 Å². The average Bonchev–Trinajstić information content (AvgIpc) is 2.22. The van der Waals surface area contributed by atoms with Gasteiger partial charge in [0, 0.05) is 11.9 Å². The van der Waals surface area contributed by atoms with Crippen LogP contribution in [0.15, 0.2) is 23.3 Å². The van der Waals surface area contributed by atoms with Gasteiger partial charge in [-0.2, -0.15) is 0 Å². The maximum Gasteiger partial charge on any atom is 0.0649 e. The van der Waals surface area contributed by atoms with Crippen molar-refractivity contribution in [2.45, 2.75) is 46.5 Å². The number of alkyl halides is 1. The molecule has 0 aliphatic rings. The van der Waals surface area contributed by atoms with Crippen LogP contribution in [0.3, 0.4) is 0 Å². The molecule has 0 aromatic heterocycles. The molecule has 0 aromatic carbocycles. The minimum atomic E-state index is 0.767. The van der Waals surface area contributed by atoms with Crippen molar-refractivity contribution in [2.75, 3.05) is 18.5 Å². The Balaban J connectivity index is 3.44. The van der Waals surface area contributed by atoms with Crippen molar-refractivity contribution in [3.63, 3.8) is 0 Å². The second-order valence-electron chi connectivity index (χ2n) is 4.34. The summed E-state index contributed by atoms with van der Waals surface area (Å²) >= 11 is 3.41. The van der Waals surface area contributed by atoms with Gasteiger partial charge in [-0.3, -0.25) is 0 Å². The summed E-state index contributed by atoms with van der Waals surface area (Å²) in [5.74, 6) is 0. The number of allylic oxidation sites excluding steroid dienone is 3. The minimum Gasteiger partial charge on any atom is -0.377 e. The molecule has 1 nitrogen and oxygen atoms in total. The summed E-state index contributed by atoms with van der Waals surface area (Å²) in [6, 6.07) is 0. The number of hydrogen-bond acceptors (Lipinski definition) is 1. The maximum atomic E-state index is 5.52. The van der Waals surface area contributed by atoms with E-state index in [4.69, 9.17) is 4.74 Å². The highest BCUT2D eigenvalue weighted by molar-refractivity contribution is 9.09. The van der Waals surface area contributed by atoms with E-state index in [1.165, 1.54) is 17.6 Å². The van der Waals surface area contributed by atoms with Crippen LogP contribution in [-0.4, -0.2) is 18.5 Å². The molecule has 0 radical (unpaired) electrons. The van der Waals surface area contributed by atoms with Gasteiger partial charge in [0.15, 0.2) is 0 Å². The van der Waals surface area contributed by atoms with E-state index in [0.29, 0.717) is 0 Å². The summed E-state index contributed by atoms with van der Waals surface area (Å²) in [6.45, 7) is 8.12. The molecule has 0 saturated carbocycles. The fourth-order valence-corrected chi connectivity index (χ4v) is 1.67. The van der Waals surface area contributed by atoms with Gasteiger partial charge < -0.3 is 4.74 Å². The average molecular weight is 289 g/mol.